The van der Waals surface area contributed by atoms with E-state index in [1.165, 1.54) is 18.4 Å². The maximum atomic E-state index is 11.9. The second-order valence-electron chi connectivity index (χ2n) is 4.55. The molecule has 0 fully saturated rings. The molecule has 1 unspecified atom stereocenters. The summed E-state index contributed by atoms with van der Waals surface area (Å²) >= 11 is 1.59. The van der Waals surface area contributed by atoms with E-state index in [-0.39, 0.29) is 10.9 Å². The van der Waals surface area contributed by atoms with Gasteiger partial charge < -0.3 is 5.32 Å². The van der Waals surface area contributed by atoms with Gasteiger partial charge in [-0.2, -0.15) is 0 Å². The van der Waals surface area contributed by atoms with Crippen LogP contribution in [0.3, 0.4) is 0 Å². The molecule has 0 spiro atoms. The molecule has 2 aromatic rings. The van der Waals surface area contributed by atoms with Crippen molar-refractivity contribution in [1.29, 1.82) is 0 Å². The van der Waals surface area contributed by atoms with Crippen LogP contribution in [0.15, 0.2) is 40.7 Å². The molecule has 7 heteroatoms. The zero-order valence-electron chi connectivity index (χ0n) is 11.6. The first-order valence-electron chi connectivity index (χ1n) is 6.10. The molecule has 0 aliphatic rings. The molecule has 0 aliphatic heterocycles. The number of nitrogens with one attached hydrogen (secondary N) is 1. The number of benzene rings is 1. The molecule has 0 aliphatic carbocycles. The highest BCUT2D eigenvalue weighted by Crippen LogP contribution is 2.22. The van der Waals surface area contributed by atoms with Crippen molar-refractivity contribution >= 4 is 27.0 Å². The molecule has 1 aromatic carbocycles. The number of thiazole rings is 1. The first-order chi connectivity index (χ1) is 9.41. The molecular formula is C13H17N3O2S2. The largest absolute Gasteiger partial charge is 0.376 e. The second-order valence-corrected chi connectivity index (χ2v) is 7.63. The highest BCUT2D eigenvalue weighted by atomic mass is 32.2. The van der Waals surface area contributed by atoms with Gasteiger partial charge in [0.05, 0.1) is 10.9 Å². The maximum Gasteiger partial charge on any atom is 0.242 e. The fourth-order valence-corrected chi connectivity index (χ4v) is 3.24. The number of sulfonamides is 1. The van der Waals surface area contributed by atoms with Gasteiger partial charge in [0.15, 0.2) is 0 Å². The van der Waals surface area contributed by atoms with Crippen LogP contribution in [-0.4, -0.2) is 31.8 Å². The molecule has 1 aromatic heterocycles. The van der Waals surface area contributed by atoms with Crippen molar-refractivity contribution in [3.8, 4) is 0 Å². The quantitative estimate of drug-likeness (QED) is 0.922. The van der Waals surface area contributed by atoms with Crippen LogP contribution >= 0.6 is 11.3 Å². The van der Waals surface area contributed by atoms with Crippen molar-refractivity contribution in [2.24, 2.45) is 0 Å². The van der Waals surface area contributed by atoms with Gasteiger partial charge in [-0.25, -0.2) is 17.7 Å². The lowest BCUT2D eigenvalue weighted by Gasteiger charge is -2.14. The lowest BCUT2D eigenvalue weighted by Crippen LogP contribution is -2.22. The van der Waals surface area contributed by atoms with Crippen LogP contribution in [-0.2, 0) is 10.0 Å². The predicted octanol–water partition coefficient (Wildman–Crippen LogP) is 2.57. The molecule has 1 atom stereocenters. The molecule has 2 rings (SSSR count). The van der Waals surface area contributed by atoms with Crippen molar-refractivity contribution in [3.63, 3.8) is 0 Å². The molecule has 0 radical (unpaired) electrons. The summed E-state index contributed by atoms with van der Waals surface area (Å²) in [6, 6.07) is 6.82. The van der Waals surface area contributed by atoms with Crippen LogP contribution in [0.5, 0.6) is 0 Å². The Balaban J connectivity index is 2.13. The summed E-state index contributed by atoms with van der Waals surface area (Å²) in [6.07, 6.45) is 1.77. The fourth-order valence-electron chi connectivity index (χ4n) is 1.69. The summed E-state index contributed by atoms with van der Waals surface area (Å²) in [4.78, 5) is 4.53. The van der Waals surface area contributed by atoms with Crippen LogP contribution in [0.4, 0.5) is 5.69 Å². The average molecular weight is 311 g/mol. The van der Waals surface area contributed by atoms with Gasteiger partial charge >= 0.3 is 0 Å². The van der Waals surface area contributed by atoms with Gasteiger partial charge in [-0.3, -0.25) is 0 Å². The van der Waals surface area contributed by atoms with Crippen LogP contribution in [0.25, 0.3) is 0 Å². The highest BCUT2D eigenvalue weighted by molar-refractivity contribution is 7.89. The van der Waals surface area contributed by atoms with Gasteiger partial charge in [0.25, 0.3) is 0 Å². The van der Waals surface area contributed by atoms with Gasteiger partial charge in [0, 0.05) is 31.4 Å². The van der Waals surface area contributed by atoms with E-state index < -0.39 is 10.0 Å². The Bertz CT molecular complexity index is 649. The lowest BCUT2D eigenvalue weighted by atomic mass is 10.3. The van der Waals surface area contributed by atoms with E-state index in [0.717, 1.165) is 10.7 Å². The first kappa shape index (κ1) is 15.0. The Morgan fingerprint density at radius 1 is 1.25 bits per heavy atom. The summed E-state index contributed by atoms with van der Waals surface area (Å²) in [5.74, 6) is 0. The van der Waals surface area contributed by atoms with E-state index in [1.54, 1.807) is 41.8 Å². The van der Waals surface area contributed by atoms with Crippen LogP contribution in [0.1, 0.15) is 18.0 Å². The molecule has 0 amide bonds. The van der Waals surface area contributed by atoms with Gasteiger partial charge in [-0.05, 0) is 31.2 Å². The summed E-state index contributed by atoms with van der Waals surface area (Å²) in [5.41, 5.74) is 0.866. The number of rotatable bonds is 5. The van der Waals surface area contributed by atoms with Crippen LogP contribution in [0.2, 0.25) is 0 Å². The fraction of sp³-hybridized carbons (Fsp3) is 0.308. The van der Waals surface area contributed by atoms with E-state index in [2.05, 4.69) is 10.3 Å². The van der Waals surface area contributed by atoms with Gasteiger partial charge in [0.1, 0.15) is 5.01 Å². The second kappa shape index (κ2) is 5.90. The molecule has 108 valence electrons. The maximum absolute atomic E-state index is 11.9. The first-order valence-corrected chi connectivity index (χ1v) is 8.42. The smallest absolute Gasteiger partial charge is 0.242 e. The number of aromatic nitrogens is 1. The Morgan fingerprint density at radius 2 is 1.90 bits per heavy atom. The zero-order chi connectivity index (χ0) is 14.8. The summed E-state index contributed by atoms with van der Waals surface area (Å²) < 4.78 is 25.1. The van der Waals surface area contributed by atoms with Gasteiger partial charge in [-0.15, -0.1) is 11.3 Å². The number of hydrogen-bond donors (Lipinski definition) is 1. The molecule has 1 N–H and O–H groups in total. The molecule has 1 heterocycles. The SMILES string of the molecule is CC(Nc1ccc(S(=O)(=O)N(C)C)cc1)c1nccs1. The van der Waals surface area contributed by atoms with Crippen LogP contribution in [0, 0.1) is 0 Å². The van der Waals surface area contributed by atoms with Gasteiger partial charge in [-0.1, -0.05) is 0 Å². The third-order valence-corrected chi connectivity index (χ3v) is 5.63. The number of hydrogen-bond acceptors (Lipinski definition) is 5. The van der Waals surface area contributed by atoms with E-state index in [1.807, 2.05) is 12.3 Å². The monoisotopic (exact) mass is 311 g/mol. The Labute approximate surface area is 123 Å². The minimum atomic E-state index is -3.37. The average Bonchev–Trinajstić information content (AvgIpc) is 2.93. The van der Waals surface area contributed by atoms with Crippen molar-refractivity contribution < 1.29 is 8.42 Å². The summed E-state index contributed by atoms with van der Waals surface area (Å²) in [6.45, 7) is 2.02. The van der Waals surface area contributed by atoms with E-state index >= 15 is 0 Å². The Morgan fingerprint density at radius 3 is 2.40 bits per heavy atom. The van der Waals surface area contributed by atoms with E-state index in [4.69, 9.17) is 0 Å². The third kappa shape index (κ3) is 3.17. The topological polar surface area (TPSA) is 62.3 Å². The highest BCUT2D eigenvalue weighted by Gasteiger charge is 2.16. The van der Waals surface area contributed by atoms with E-state index in [0.29, 0.717) is 0 Å². The Hall–Kier alpha value is -1.44. The van der Waals surface area contributed by atoms with E-state index in [9.17, 15) is 8.42 Å². The zero-order valence-corrected chi connectivity index (χ0v) is 13.2. The number of anilines is 1. The Kier molecular flexibility index (Phi) is 4.42. The van der Waals surface area contributed by atoms with Crippen LogP contribution < -0.4 is 5.32 Å². The third-order valence-electron chi connectivity index (χ3n) is 2.84. The molecular weight excluding hydrogens is 294 g/mol. The molecule has 0 bridgehead atoms. The molecule has 5 nitrogen and oxygen atoms in total. The van der Waals surface area contributed by atoms with Crippen molar-refractivity contribution in [3.05, 3.63) is 40.8 Å². The summed E-state index contributed by atoms with van der Waals surface area (Å²) in [7, 11) is -0.330. The summed E-state index contributed by atoms with van der Waals surface area (Å²) in [5, 5.41) is 6.22. The number of nitrogens with zero attached hydrogens (tertiary/aromatic N) is 2. The molecule has 0 saturated heterocycles. The van der Waals surface area contributed by atoms with Gasteiger partial charge in [0.2, 0.25) is 10.0 Å². The minimum absolute atomic E-state index is 0.0892. The standard InChI is InChI=1S/C13H17N3O2S2/c1-10(13-14-8-9-19-13)15-11-4-6-12(7-5-11)20(17,18)16(2)3/h4-10,15H,1-3H3. The van der Waals surface area contributed by atoms with Crippen molar-refractivity contribution in [2.75, 3.05) is 19.4 Å². The van der Waals surface area contributed by atoms with Crippen molar-refractivity contribution in [1.82, 2.24) is 9.29 Å². The molecule has 0 saturated carbocycles. The molecule has 20 heavy (non-hydrogen) atoms. The predicted molar refractivity (Wildman–Crippen MR) is 81.5 cm³/mol. The normalized spacial score (nSPS) is 13.4. The lowest BCUT2D eigenvalue weighted by molar-refractivity contribution is 0.521. The van der Waals surface area contributed by atoms with Crippen molar-refractivity contribution in [2.45, 2.75) is 17.9 Å². The minimum Gasteiger partial charge on any atom is -0.376 e.